The molecule has 0 saturated carbocycles. The maximum Gasteiger partial charge on any atom is 0.306 e. The highest BCUT2D eigenvalue weighted by molar-refractivity contribution is 5.71. The molecule has 382 valence electrons. The van der Waals surface area contributed by atoms with Gasteiger partial charge in [0, 0.05) is 19.3 Å². The van der Waals surface area contributed by atoms with Gasteiger partial charge < -0.3 is 14.2 Å². The highest BCUT2D eigenvalue weighted by Crippen LogP contribution is 2.13. The van der Waals surface area contributed by atoms with Crippen LogP contribution in [0.5, 0.6) is 0 Å². The van der Waals surface area contributed by atoms with E-state index in [1.807, 2.05) is 0 Å². The van der Waals surface area contributed by atoms with Crippen molar-refractivity contribution in [3.05, 3.63) is 97.2 Å². The number of unbranched alkanes of at least 4 members (excludes halogenated alkanes) is 22. The lowest BCUT2D eigenvalue weighted by atomic mass is 10.1. The Morgan fingerprint density at radius 3 is 0.970 bits per heavy atom. The van der Waals surface area contributed by atoms with Gasteiger partial charge in [-0.3, -0.25) is 14.4 Å². The lowest BCUT2D eigenvalue weighted by Crippen LogP contribution is -2.30. The fourth-order valence-electron chi connectivity index (χ4n) is 7.37. The molecule has 1 atom stereocenters. The Kier molecular flexibility index (Phi) is 51.9. The molecule has 67 heavy (non-hydrogen) atoms. The molecule has 0 aromatic carbocycles. The van der Waals surface area contributed by atoms with Gasteiger partial charge in [-0.1, -0.05) is 208 Å². The molecule has 0 aromatic heterocycles. The van der Waals surface area contributed by atoms with Crippen molar-refractivity contribution in [2.75, 3.05) is 13.2 Å². The molecule has 0 aliphatic heterocycles. The van der Waals surface area contributed by atoms with Crippen molar-refractivity contribution in [2.45, 2.75) is 258 Å². The summed E-state index contributed by atoms with van der Waals surface area (Å²) in [6, 6.07) is 0. The average Bonchev–Trinajstić information content (AvgIpc) is 3.33. The Morgan fingerprint density at radius 2 is 0.582 bits per heavy atom. The van der Waals surface area contributed by atoms with Gasteiger partial charge in [-0.15, -0.1) is 0 Å². The molecule has 0 heterocycles. The molecule has 0 unspecified atom stereocenters. The second kappa shape index (κ2) is 54.9. The first-order valence-electron chi connectivity index (χ1n) is 27.7. The first-order chi connectivity index (χ1) is 33.0. The van der Waals surface area contributed by atoms with Crippen LogP contribution in [0.25, 0.3) is 0 Å². The Balaban J connectivity index is 4.49. The molecule has 0 aromatic rings. The monoisotopic (exact) mass is 931 g/mol. The fraction of sp³-hybridized carbons (Fsp3) is 0.689. The standard InChI is InChI=1S/C61H102O6/c1-4-7-10-13-16-19-22-25-28-29-30-31-34-36-39-42-45-48-51-54-60(63)66-57-58(67-61(64)55-52-49-46-43-40-37-33-27-24-21-18-15-12-9-6-3)56-65-59(62)53-50-47-44-41-38-35-32-26-23-20-17-14-11-8-5-2/h7,10,16-17,19-20,25-28,30-33,36,39,58H,4-6,8-9,11-15,18,21-24,29,34-35,37-38,40-57H2,1-3H3/t58-/m1/s1. The van der Waals surface area contributed by atoms with Crippen LogP contribution < -0.4 is 0 Å². The van der Waals surface area contributed by atoms with Gasteiger partial charge in [0.15, 0.2) is 6.10 Å². The Labute approximate surface area is 413 Å². The van der Waals surface area contributed by atoms with Gasteiger partial charge in [-0.25, -0.2) is 0 Å². The summed E-state index contributed by atoms with van der Waals surface area (Å²) >= 11 is 0. The van der Waals surface area contributed by atoms with Crippen molar-refractivity contribution >= 4 is 17.9 Å². The smallest absolute Gasteiger partial charge is 0.306 e. The third kappa shape index (κ3) is 53.2. The number of carbonyl (C=O) groups is 3. The zero-order valence-electron chi connectivity index (χ0n) is 43.6. The van der Waals surface area contributed by atoms with E-state index in [-0.39, 0.29) is 31.1 Å². The molecule has 6 nitrogen and oxygen atoms in total. The van der Waals surface area contributed by atoms with Gasteiger partial charge >= 0.3 is 17.9 Å². The summed E-state index contributed by atoms with van der Waals surface area (Å²) in [7, 11) is 0. The zero-order valence-corrected chi connectivity index (χ0v) is 43.6. The normalized spacial score (nSPS) is 12.8. The van der Waals surface area contributed by atoms with E-state index in [2.05, 4.69) is 118 Å². The first-order valence-corrected chi connectivity index (χ1v) is 27.7. The minimum Gasteiger partial charge on any atom is -0.462 e. The lowest BCUT2D eigenvalue weighted by molar-refractivity contribution is -0.167. The number of rotatable bonds is 49. The van der Waals surface area contributed by atoms with Gasteiger partial charge in [0.2, 0.25) is 0 Å². The molecule has 0 spiro atoms. The number of esters is 3. The second-order valence-corrected chi connectivity index (χ2v) is 18.1. The van der Waals surface area contributed by atoms with Crippen molar-refractivity contribution in [1.82, 2.24) is 0 Å². The number of allylic oxidation sites excluding steroid dienone is 16. The van der Waals surface area contributed by atoms with E-state index in [0.717, 1.165) is 135 Å². The maximum absolute atomic E-state index is 12.8. The maximum atomic E-state index is 12.8. The summed E-state index contributed by atoms with van der Waals surface area (Å²) in [6.07, 6.45) is 72.4. The number of ether oxygens (including phenoxy) is 3. The van der Waals surface area contributed by atoms with E-state index < -0.39 is 6.10 Å². The van der Waals surface area contributed by atoms with Crippen molar-refractivity contribution in [2.24, 2.45) is 0 Å². The van der Waals surface area contributed by atoms with Crippen LogP contribution in [0.1, 0.15) is 252 Å². The number of hydrogen-bond acceptors (Lipinski definition) is 6. The van der Waals surface area contributed by atoms with Crippen LogP contribution in [0.3, 0.4) is 0 Å². The van der Waals surface area contributed by atoms with Crippen LogP contribution in [-0.4, -0.2) is 37.2 Å². The molecule has 0 radical (unpaired) electrons. The minimum absolute atomic E-state index is 0.0995. The summed E-state index contributed by atoms with van der Waals surface area (Å²) < 4.78 is 16.8. The lowest BCUT2D eigenvalue weighted by Gasteiger charge is -2.18. The van der Waals surface area contributed by atoms with E-state index in [0.29, 0.717) is 19.3 Å². The van der Waals surface area contributed by atoms with Crippen LogP contribution in [-0.2, 0) is 28.6 Å². The molecule has 0 aliphatic rings. The zero-order chi connectivity index (χ0) is 48.6. The summed E-state index contributed by atoms with van der Waals surface area (Å²) in [6.45, 7) is 6.45. The summed E-state index contributed by atoms with van der Waals surface area (Å²) in [5, 5.41) is 0. The van der Waals surface area contributed by atoms with Crippen molar-refractivity contribution in [1.29, 1.82) is 0 Å². The fourth-order valence-corrected chi connectivity index (χ4v) is 7.37. The largest absolute Gasteiger partial charge is 0.462 e. The van der Waals surface area contributed by atoms with Crippen molar-refractivity contribution < 1.29 is 28.6 Å². The van der Waals surface area contributed by atoms with Crippen LogP contribution >= 0.6 is 0 Å². The van der Waals surface area contributed by atoms with E-state index in [4.69, 9.17) is 14.2 Å². The van der Waals surface area contributed by atoms with Crippen LogP contribution in [0.15, 0.2) is 97.2 Å². The molecule has 0 saturated heterocycles. The van der Waals surface area contributed by atoms with Gasteiger partial charge in [-0.05, 0) is 122 Å². The van der Waals surface area contributed by atoms with Crippen molar-refractivity contribution in [3.8, 4) is 0 Å². The Hall–Kier alpha value is -3.67. The summed E-state index contributed by atoms with van der Waals surface area (Å²) in [5.41, 5.74) is 0. The molecule has 0 aliphatic carbocycles. The molecular formula is C61H102O6. The second-order valence-electron chi connectivity index (χ2n) is 18.1. The minimum atomic E-state index is -0.802. The highest BCUT2D eigenvalue weighted by atomic mass is 16.6. The Morgan fingerprint density at radius 1 is 0.313 bits per heavy atom. The van der Waals surface area contributed by atoms with E-state index in [1.165, 1.54) is 77.0 Å². The van der Waals surface area contributed by atoms with Crippen LogP contribution in [0.2, 0.25) is 0 Å². The first kappa shape index (κ1) is 63.3. The molecule has 6 heteroatoms. The van der Waals surface area contributed by atoms with Gasteiger partial charge in [0.1, 0.15) is 13.2 Å². The third-order valence-corrected chi connectivity index (χ3v) is 11.5. The van der Waals surface area contributed by atoms with Gasteiger partial charge in [-0.2, -0.15) is 0 Å². The predicted molar refractivity (Wildman–Crippen MR) is 288 cm³/mol. The van der Waals surface area contributed by atoms with Crippen LogP contribution in [0.4, 0.5) is 0 Å². The average molecular weight is 931 g/mol. The molecular weight excluding hydrogens is 829 g/mol. The molecule has 0 bridgehead atoms. The van der Waals surface area contributed by atoms with E-state index in [9.17, 15) is 14.4 Å². The highest BCUT2D eigenvalue weighted by Gasteiger charge is 2.19. The quantitative estimate of drug-likeness (QED) is 0.0262. The molecule has 0 amide bonds. The van der Waals surface area contributed by atoms with E-state index >= 15 is 0 Å². The molecule has 0 N–H and O–H groups in total. The third-order valence-electron chi connectivity index (χ3n) is 11.5. The predicted octanol–water partition coefficient (Wildman–Crippen LogP) is 18.5. The summed E-state index contributed by atoms with van der Waals surface area (Å²) in [4.78, 5) is 38.1. The summed E-state index contributed by atoms with van der Waals surface area (Å²) in [5.74, 6) is -0.953. The number of hydrogen-bond donors (Lipinski definition) is 0. The molecule has 0 fully saturated rings. The molecule has 0 rings (SSSR count). The SMILES string of the molecule is CCC=CCC=CCC=CCC=CCC=CCCCCCC(=O)OC[C@@H](COC(=O)CCCCCCCC=CCC=CCCCCC)OC(=O)CCCCCCCC=CCCCCCCCC. The van der Waals surface area contributed by atoms with E-state index in [1.54, 1.807) is 0 Å². The van der Waals surface area contributed by atoms with Gasteiger partial charge in [0.25, 0.3) is 0 Å². The van der Waals surface area contributed by atoms with Crippen molar-refractivity contribution in [3.63, 3.8) is 0 Å². The number of carbonyl (C=O) groups excluding carboxylic acids is 3. The topological polar surface area (TPSA) is 78.9 Å². The van der Waals surface area contributed by atoms with Crippen LogP contribution in [0, 0.1) is 0 Å². The van der Waals surface area contributed by atoms with Gasteiger partial charge in [0.05, 0.1) is 0 Å². The Bertz CT molecular complexity index is 1350.